The van der Waals surface area contributed by atoms with E-state index in [2.05, 4.69) is 0 Å². The molecule has 0 atom stereocenters. The minimum Gasteiger partial charge on any atom is -0.482 e. The molecule has 2 amide bonds. The molecule has 0 N–H and O–H groups in total. The summed E-state index contributed by atoms with van der Waals surface area (Å²) in [5.74, 6) is -0.649. The molecule has 0 saturated heterocycles. The highest BCUT2D eigenvalue weighted by atomic mass is 16.7. The van der Waals surface area contributed by atoms with Crippen LogP contribution in [0.1, 0.15) is 44.9 Å². The number of furan rings is 1. The standard InChI is InChI=1S/C22H17NO6/c24-20(29-23-21(25)15-6-1-2-7-16(15)22(23)26)12-27-13-9-10-19-17(11-13)14-5-3-4-8-18(14)28-19/h1-2,6-7,9-11H,3-5,8,12H2. The molecule has 2 heterocycles. The van der Waals surface area contributed by atoms with E-state index < -0.39 is 24.4 Å². The maximum absolute atomic E-state index is 12.2. The summed E-state index contributed by atoms with van der Waals surface area (Å²) in [4.78, 5) is 41.6. The van der Waals surface area contributed by atoms with Crippen LogP contribution in [0.2, 0.25) is 0 Å². The molecule has 0 radical (unpaired) electrons. The number of imide groups is 1. The molecule has 3 aromatic rings. The third kappa shape index (κ3) is 2.95. The number of nitrogens with zero attached hydrogens (tertiary/aromatic N) is 1. The van der Waals surface area contributed by atoms with Crippen molar-refractivity contribution in [1.29, 1.82) is 0 Å². The second kappa shape index (κ2) is 6.77. The van der Waals surface area contributed by atoms with Gasteiger partial charge in [-0.1, -0.05) is 17.2 Å². The first-order valence-electron chi connectivity index (χ1n) is 9.47. The molecule has 5 rings (SSSR count). The van der Waals surface area contributed by atoms with Crippen LogP contribution >= 0.6 is 0 Å². The van der Waals surface area contributed by atoms with Gasteiger partial charge in [0.05, 0.1) is 11.1 Å². The fraction of sp³-hybridized carbons (Fsp3) is 0.227. The van der Waals surface area contributed by atoms with Gasteiger partial charge in [0.25, 0.3) is 11.8 Å². The average Bonchev–Trinajstić information content (AvgIpc) is 3.23. The highest BCUT2D eigenvalue weighted by molar-refractivity contribution is 6.20. The van der Waals surface area contributed by atoms with Crippen LogP contribution in [0.4, 0.5) is 0 Å². The normalized spacial score (nSPS) is 15.4. The van der Waals surface area contributed by atoms with E-state index in [1.165, 1.54) is 17.7 Å². The smallest absolute Gasteiger partial charge is 0.370 e. The maximum Gasteiger partial charge on any atom is 0.370 e. The summed E-state index contributed by atoms with van der Waals surface area (Å²) < 4.78 is 11.4. The summed E-state index contributed by atoms with van der Waals surface area (Å²) in [6, 6.07) is 11.7. The molecule has 0 unspecified atom stereocenters. The van der Waals surface area contributed by atoms with Crippen molar-refractivity contribution in [1.82, 2.24) is 5.06 Å². The van der Waals surface area contributed by atoms with Crippen LogP contribution in [0, 0.1) is 0 Å². The molecular formula is C22H17NO6. The molecule has 0 bridgehead atoms. The Morgan fingerprint density at radius 3 is 2.48 bits per heavy atom. The predicted molar refractivity (Wildman–Crippen MR) is 101 cm³/mol. The van der Waals surface area contributed by atoms with Gasteiger partial charge in [0.1, 0.15) is 17.1 Å². The average molecular weight is 391 g/mol. The highest BCUT2D eigenvalue weighted by Gasteiger charge is 2.38. The lowest BCUT2D eigenvalue weighted by Gasteiger charge is -2.13. The Morgan fingerprint density at radius 1 is 1.00 bits per heavy atom. The Balaban J connectivity index is 1.27. The van der Waals surface area contributed by atoms with E-state index in [1.807, 2.05) is 12.1 Å². The maximum atomic E-state index is 12.2. The number of hydrogen-bond acceptors (Lipinski definition) is 6. The van der Waals surface area contributed by atoms with E-state index in [0.29, 0.717) is 10.8 Å². The van der Waals surface area contributed by atoms with Gasteiger partial charge in [-0.15, -0.1) is 0 Å². The summed E-state index contributed by atoms with van der Waals surface area (Å²) in [7, 11) is 0. The van der Waals surface area contributed by atoms with Crippen LogP contribution < -0.4 is 4.74 Å². The highest BCUT2D eigenvalue weighted by Crippen LogP contribution is 2.34. The van der Waals surface area contributed by atoms with E-state index in [-0.39, 0.29) is 11.1 Å². The second-order valence-corrected chi connectivity index (χ2v) is 7.07. The number of ether oxygens (including phenoxy) is 1. The van der Waals surface area contributed by atoms with E-state index in [9.17, 15) is 14.4 Å². The van der Waals surface area contributed by atoms with Gasteiger partial charge >= 0.3 is 5.97 Å². The number of carbonyl (C=O) groups is 3. The molecule has 1 aliphatic heterocycles. The lowest BCUT2D eigenvalue weighted by atomic mass is 9.96. The molecular weight excluding hydrogens is 374 g/mol. The lowest BCUT2D eigenvalue weighted by molar-refractivity contribution is -0.170. The van der Waals surface area contributed by atoms with Gasteiger partial charge in [0.2, 0.25) is 0 Å². The first-order valence-corrected chi connectivity index (χ1v) is 9.47. The van der Waals surface area contributed by atoms with Gasteiger partial charge < -0.3 is 14.0 Å². The summed E-state index contributed by atoms with van der Waals surface area (Å²) in [6.45, 7) is -0.432. The summed E-state index contributed by atoms with van der Waals surface area (Å²) >= 11 is 0. The number of hydroxylamine groups is 2. The van der Waals surface area contributed by atoms with Gasteiger partial charge in [-0.2, -0.15) is 0 Å². The second-order valence-electron chi connectivity index (χ2n) is 7.07. The predicted octanol–water partition coefficient (Wildman–Crippen LogP) is 3.44. The number of fused-ring (bicyclic) bond motifs is 4. The summed E-state index contributed by atoms with van der Waals surface area (Å²) in [5, 5.41) is 1.47. The van der Waals surface area contributed by atoms with Crippen molar-refractivity contribution >= 4 is 28.8 Å². The zero-order valence-corrected chi connectivity index (χ0v) is 15.5. The van der Waals surface area contributed by atoms with Crippen LogP contribution in [-0.4, -0.2) is 29.5 Å². The number of hydrogen-bond donors (Lipinski definition) is 0. The number of aryl methyl sites for hydroxylation is 2. The molecule has 2 aromatic carbocycles. The van der Waals surface area contributed by atoms with E-state index >= 15 is 0 Å². The van der Waals surface area contributed by atoms with Gasteiger partial charge in [-0.05, 0) is 49.6 Å². The Kier molecular flexibility index (Phi) is 4.08. The SMILES string of the molecule is O=C(COc1ccc2oc3c(c2c1)CCCC3)ON1C(=O)c2ccccc2C1=O. The molecule has 2 aliphatic rings. The van der Waals surface area contributed by atoms with Crippen LogP contribution in [0.15, 0.2) is 46.9 Å². The molecule has 0 saturated carbocycles. The molecule has 7 heteroatoms. The Hall–Kier alpha value is -3.61. The van der Waals surface area contributed by atoms with Crippen molar-refractivity contribution in [2.24, 2.45) is 0 Å². The molecule has 1 aliphatic carbocycles. The molecule has 7 nitrogen and oxygen atoms in total. The van der Waals surface area contributed by atoms with Crippen molar-refractivity contribution in [3.05, 3.63) is 64.9 Å². The molecule has 146 valence electrons. The molecule has 0 spiro atoms. The van der Waals surface area contributed by atoms with Crippen molar-refractivity contribution in [3.8, 4) is 5.75 Å². The van der Waals surface area contributed by atoms with E-state index in [0.717, 1.165) is 42.4 Å². The van der Waals surface area contributed by atoms with Crippen molar-refractivity contribution in [2.45, 2.75) is 25.7 Å². The van der Waals surface area contributed by atoms with Gasteiger partial charge in [-0.3, -0.25) is 9.59 Å². The number of rotatable bonds is 4. The minimum atomic E-state index is -0.839. The van der Waals surface area contributed by atoms with Crippen LogP contribution in [0.3, 0.4) is 0 Å². The topological polar surface area (TPSA) is 86.1 Å². The Labute approximate surface area is 165 Å². The largest absolute Gasteiger partial charge is 0.482 e. The zero-order valence-electron chi connectivity index (χ0n) is 15.5. The monoisotopic (exact) mass is 391 g/mol. The van der Waals surface area contributed by atoms with Crippen molar-refractivity contribution in [2.75, 3.05) is 6.61 Å². The Bertz CT molecular complexity index is 1130. The number of amides is 2. The quantitative estimate of drug-likeness (QED) is 0.633. The molecule has 29 heavy (non-hydrogen) atoms. The summed E-state index contributed by atoms with van der Waals surface area (Å²) in [5.41, 5.74) is 2.42. The first kappa shape index (κ1) is 17.5. The van der Waals surface area contributed by atoms with Crippen molar-refractivity contribution < 1.29 is 28.4 Å². The lowest BCUT2D eigenvalue weighted by Crippen LogP contribution is -2.34. The fourth-order valence-electron chi connectivity index (χ4n) is 3.85. The minimum absolute atomic E-state index is 0.210. The van der Waals surface area contributed by atoms with Gasteiger partial charge in [0.15, 0.2) is 6.61 Å². The zero-order chi connectivity index (χ0) is 20.0. The molecule has 1 aromatic heterocycles. The first-order chi connectivity index (χ1) is 14.1. The fourth-order valence-corrected chi connectivity index (χ4v) is 3.85. The van der Waals surface area contributed by atoms with E-state index in [1.54, 1.807) is 18.2 Å². The third-order valence-corrected chi connectivity index (χ3v) is 5.23. The van der Waals surface area contributed by atoms with Crippen LogP contribution in [0.5, 0.6) is 5.75 Å². The third-order valence-electron chi connectivity index (χ3n) is 5.23. The number of carbonyl (C=O) groups excluding carboxylic acids is 3. The Morgan fingerprint density at radius 2 is 1.72 bits per heavy atom. The van der Waals surface area contributed by atoms with E-state index in [4.69, 9.17) is 14.0 Å². The van der Waals surface area contributed by atoms with Crippen molar-refractivity contribution in [3.63, 3.8) is 0 Å². The molecule has 0 fully saturated rings. The van der Waals surface area contributed by atoms with Crippen LogP contribution in [-0.2, 0) is 22.5 Å². The summed E-state index contributed by atoms with van der Waals surface area (Å²) in [6.07, 6.45) is 4.15. The van der Waals surface area contributed by atoms with Gasteiger partial charge in [-0.25, -0.2) is 4.79 Å². The van der Waals surface area contributed by atoms with Crippen LogP contribution in [0.25, 0.3) is 11.0 Å². The number of benzene rings is 2. The van der Waals surface area contributed by atoms with Gasteiger partial charge in [0, 0.05) is 17.4 Å².